The quantitative estimate of drug-likeness (QED) is 0.715. The Kier molecular flexibility index (Phi) is 5.26. The molecule has 5 aliphatic heterocycles. The lowest BCUT2D eigenvalue weighted by atomic mass is 9.57. The molecule has 0 amide bonds. The SMILES string of the molecule is C[C@@H]1CC[C@H]2[C@@H](C)[C@@](C)(OCCN3CCNCC3)O[C@@H]3O[C@]4(C)CCC1[C@]32OO4. The minimum atomic E-state index is -0.736. The fourth-order valence-corrected chi connectivity index (χ4v) is 6.55. The second-order valence-corrected chi connectivity index (χ2v) is 10.3. The van der Waals surface area contributed by atoms with Gasteiger partial charge in [0.25, 0.3) is 0 Å². The Morgan fingerprint density at radius 1 is 1.00 bits per heavy atom. The number of nitrogens with one attached hydrogen (secondary N) is 1. The van der Waals surface area contributed by atoms with Crippen LogP contribution in [0.15, 0.2) is 0 Å². The maximum Gasteiger partial charge on any atom is 0.201 e. The van der Waals surface area contributed by atoms with Crippen molar-refractivity contribution in [3.63, 3.8) is 0 Å². The molecular weight excluding hydrogens is 372 g/mol. The highest BCUT2D eigenvalue weighted by molar-refractivity contribution is 5.10. The molecule has 7 heteroatoms. The highest BCUT2D eigenvalue weighted by atomic mass is 17.3. The predicted molar refractivity (Wildman–Crippen MR) is 107 cm³/mol. The molecular formula is C22H38N2O5. The third kappa shape index (κ3) is 3.28. The summed E-state index contributed by atoms with van der Waals surface area (Å²) in [4.78, 5) is 14.6. The van der Waals surface area contributed by atoms with E-state index in [0.29, 0.717) is 24.4 Å². The van der Waals surface area contributed by atoms with E-state index in [1.807, 2.05) is 6.92 Å². The number of rotatable bonds is 4. The molecule has 1 N–H and O–H groups in total. The van der Waals surface area contributed by atoms with Crippen LogP contribution >= 0.6 is 0 Å². The second-order valence-electron chi connectivity index (χ2n) is 10.3. The van der Waals surface area contributed by atoms with E-state index in [0.717, 1.165) is 52.0 Å². The molecule has 0 radical (unpaired) electrons. The van der Waals surface area contributed by atoms with Crippen LogP contribution in [0, 0.1) is 23.7 Å². The number of nitrogens with zero attached hydrogens (tertiary/aromatic N) is 1. The van der Waals surface area contributed by atoms with Crippen molar-refractivity contribution >= 4 is 0 Å². The van der Waals surface area contributed by atoms with Crippen LogP contribution in [0.4, 0.5) is 0 Å². The number of piperazine rings is 1. The topological polar surface area (TPSA) is 61.4 Å². The highest BCUT2D eigenvalue weighted by Gasteiger charge is 2.71. The van der Waals surface area contributed by atoms with Gasteiger partial charge in [-0.1, -0.05) is 13.8 Å². The Morgan fingerprint density at radius 3 is 2.59 bits per heavy atom. The molecule has 6 fully saturated rings. The minimum Gasteiger partial charge on any atom is -0.348 e. The van der Waals surface area contributed by atoms with Gasteiger partial charge in [-0.2, -0.15) is 0 Å². The van der Waals surface area contributed by atoms with Crippen molar-refractivity contribution in [1.29, 1.82) is 0 Å². The van der Waals surface area contributed by atoms with E-state index in [1.165, 1.54) is 6.42 Å². The summed E-state index contributed by atoms with van der Waals surface area (Å²) >= 11 is 0. The van der Waals surface area contributed by atoms with Crippen LogP contribution in [0.3, 0.4) is 0 Å². The van der Waals surface area contributed by atoms with Gasteiger partial charge in [-0.3, -0.25) is 4.90 Å². The molecule has 6 rings (SSSR count). The summed E-state index contributed by atoms with van der Waals surface area (Å²) in [5, 5.41) is 3.40. The normalized spacial score (nSPS) is 52.8. The zero-order valence-electron chi connectivity index (χ0n) is 18.4. The molecule has 0 aromatic carbocycles. The number of ether oxygens (including phenoxy) is 3. The lowest BCUT2D eigenvalue weighted by molar-refractivity contribution is -0.585. The monoisotopic (exact) mass is 410 g/mol. The van der Waals surface area contributed by atoms with Crippen molar-refractivity contribution in [3.8, 4) is 0 Å². The van der Waals surface area contributed by atoms with E-state index < -0.39 is 23.5 Å². The first kappa shape index (κ1) is 20.6. The average Bonchev–Trinajstić information content (AvgIpc) is 2.93. The molecule has 0 aromatic heterocycles. The molecule has 29 heavy (non-hydrogen) atoms. The summed E-state index contributed by atoms with van der Waals surface area (Å²) in [5.74, 6) is 0.0587. The van der Waals surface area contributed by atoms with Gasteiger partial charge in [0.15, 0.2) is 17.7 Å². The van der Waals surface area contributed by atoms with Crippen LogP contribution in [0.1, 0.15) is 53.4 Å². The number of hydrogen-bond donors (Lipinski definition) is 1. The lowest BCUT2D eigenvalue weighted by Crippen LogP contribution is -2.73. The summed E-state index contributed by atoms with van der Waals surface area (Å²) in [5.41, 5.74) is -0.519. The second kappa shape index (κ2) is 7.40. The van der Waals surface area contributed by atoms with E-state index in [1.54, 1.807) is 0 Å². The van der Waals surface area contributed by atoms with Crippen molar-refractivity contribution in [2.45, 2.75) is 76.8 Å². The smallest absolute Gasteiger partial charge is 0.201 e. The minimum absolute atomic E-state index is 0.200. The Bertz CT molecular complexity index is 616. The standard InChI is InChI=1S/C22H38N2O5/c1-15-5-6-18-16(2)21(4,25-14-13-24-11-9-23-10-12-24)27-19-22(18)17(15)7-8-20(3,26-19)28-29-22/h15-19,23H,5-14H2,1-4H3/t15-,16-,17?,18+,19+,20+,21+,22-/m1/s1. The van der Waals surface area contributed by atoms with Gasteiger partial charge in [0.1, 0.15) is 0 Å². The molecule has 1 aliphatic carbocycles. The summed E-state index contributed by atoms with van der Waals surface area (Å²) in [6, 6.07) is 0. The van der Waals surface area contributed by atoms with E-state index in [2.05, 4.69) is 31.0 Å². The Labute approximate surface area is 174 Å². The largest absolute Gasteiger partial charge is 0.348 e. The maximum absolute atomic E-state index is 6.65. The molecule has 2 bridgehead atoms. The highest BCUT2D eigenvalue weighted by Crippen LogP contribution is 2.62. The first-order chi connectivity index (χ1) is 13.9. The van der Waals surface area contributed by atoms with Gasteiger partial charge in [-0.25, -0.2) is 9.78 Å². The van der Waals surface area contributed by atoms with Crippen LogP contribution in [0.5, 0.6) is 0 Å². The zero-order valence-corrected chi connectivity index (χ0v) is 18.4. The number of hydrogen-bond acceptors (Lipinski definition) is 7. The molecule has 1 spiro atoms. The molecule has 5 saturated heterocycles. The lowest BCUT2D eigenvalue weighted by Gasteiger charge is -2.62. The van der Waals surface area contributed by atoms with Crippen LogP contribution in [0.2, 0.25) is 0 Å². The molecule has 1 unspecified atom stereocenters. The van der Waals surface area contributed by atoms with Gasteiger partial charge < -0.3 is 19.5 Å². The molecule has 1 saturated carbocycles. The fourth-order valence-electron chi connectivity index (χ4n) is 6.55. The summed E-state index contributed by atoms with van der Waals surface area (Å²) in [7, 11) is 0. The first-order valence-electron chi connectivity index (χ1n) is 11.7. The van der Waals surface area contributed by atoms with Crippen molar-refractivity contribution in [2.75, 3.05) is 39.3 Å². The van der Waals surface area contributed by atoms with Crippen molar-refractivity contribution in [3.05, 3.63) is 0 Å². The Hall–Kier alpha value is -0.280. The van der Waals surface area contributed by atoms with Gasteiger partial charge in [0, 0.05) is 51.0 Å². The van der Waals surface area contributed by atoms with Crippen molar-refractivity contribution < 1.29 is 24.0 Å². The third-order valence-electron chi connectivity index (χ3n) is 8.55. The van der Waals surface area contributed by atoms with Crippen LogP contribution in [-0.2, 0) is 24.0 Å². The van der Waals surface area contributed by atoms with Crippen LogP contribution in [0.25, 0.3) is 0 Å². The first-order valence-corrected chi connectivity index (χ1v) is 11.7. The van der Waals surface area contributed by atoms with E-state index >= 15 is 0 Å². The zero-order chi connectivity index (χ0) is 20.3. The summed E-state index contributed by atoms with van der Waals surface area (Å²) in [6.07, 6.45) is 3.76. The van der Waals surface area contributed by atoms with Crippen LogP contribution in [-0.4, -0.2) is 67.7 Å². The predicted octanol–water partition coefficient (Wildman–Crippen LogP) is 2.51. The number of fused-ring (bicyclic) bond motifs is 2. The molecule has 166 valence electrons. The molecule has 6 aliphatic rings. The van der Waals surface area contributed by atoms with Gasteiger partial charge >= 0.3 is 0 Å². The molecule has 5 heterocycles. The Morgan fingerprint density at radius 2 is 1.79 bits per heavy atom. The van der Waals surface area contributed by atoms with Gasteiger partial charge in [0.2, 0.25) is 5.79 Å². The Balaban J connectivity index is 1.36. The molecule has 7 nitrogen and oxygen atoms in total. The third-order valence-corrected chi connectivity index (χ3v) is 8.55. The van der Waals surface area contributed by atoms with E-state index in [9.17, 15) is 0 Å². The molecule has 8 atom stereocenters. The fraction of sp³-hybridized carbons (Fsp3) is 1.00. The average molecular weight is 411 g/mol. The van der Waals surface area contributed by atoms with Gasteiger partial charge in [-0.05, 0) is 44.9 Å². The van der Waals surface area contributed by atoms with Gasteiger partial charge in [-0.15, -0.1) is 0 Å². The van der Waals surface area contributed by atoms with E-state index in [-0.39, 0.29) is 5.92 Å². The molecule has 0 aromatic rings. The summed E-state index contributed by atoms with van der Waals surface area (Å²) < 4.78 is 19.6. The summed E-state index contributed by atoms with van der Waals surface area (Å²) in [6.45, 7) is 14.6. The van der Waals surface area contributed by atoms with Crippen molar-refractivity contribution in [1.82, 2.24) is 10.2 Å². The van der Waals surface area contributed by atoms with Crippen LogP contribution < -0.4 is 5.32 Å². The maximum atomic E-state index is 6.65. The van der Waals surface area contributed by atoms with Gasteiger partial charge in [0.05, 0.1) is 6.61 Å². The van der Waals surface area contributed by atoms with Crippen molar-refractivity contribution in [2.24, 2.45) is 23.7 Å². The van der Waals surface area contributed by atoms with E-state index in [4.69, 9.17) is 24.0 Å².